The summed E-state index contributed by atoms with van der Waals surface area (Å²) in [4.78, 5) is 0. The minimum Gasteiger partial charge on any atom is -0.490 e. The van der Waals surface area contributed by atoms with Crippen LogP contribution in [0.1, 0.15) is 23.6 Å². The van der Waals surface area contributed by atoms with Crippen molar-refractivity contribution >= 4 is 62.4 Å². The van der Waals surface area contributed by atoms with E-state index in [1.165, 1.54) is 0 Å². The van der Waals surface area contributed by atoms with Crippen molar-refractivity contribution in [3.8, 4) is 17.6 Å². The van der Waals surface area contributed by atoms with E-state index in [4.69, 9.17) is 44.3 Å². The Morgan fingerprint density at radius 1 is 1.00 bits per heavy atom. The van der Waals surface area contributed by atoms with Crippen molar-refractivity contribution in [1.82, 2.24) is 0 Å². The summed E-state index contributed by atoms with van der Waals surface area (Å²) in [6.07, 6.45) is 1.76. The van der Waals surface area contributed by atoms with Crippen LogP contribution in [-0.4, -0.2) is 6.61 Å². The molecule has 3 rings (SSSR count). The third-order valence-electron chi connectivity index (χ3n) is 4.29. The zero-order valence-corrected chi connectivity index (χ0v) is 20.3. The molecule has 0 saturated carbocycles. The molecule has 0 aliphatic rings. The van der Waals surface area contributed by atoms with Gasteiger partial charge in [0.05, 0.1) is 32.8 Å². The van der Waals surface area contributed by atoms with Crippen molar-refractivity contribution in [2.75, 3.05) is 6.61 Å². The van der Waals surface area contributed by atoms with Crippen LogP contribution in [0.5, 0.6) is 11.5 Å². The highest BCUT2D eigenvalue weighted by atomic mass is 79.9. The van der Waals surface area contributed by atoms with Crippen LogP contribution in [0.3, 0.4) is 0 Å². The molecular formula is C24H17BrCl3NO2. The van der Waals surface area contributed by atoms with E-state index in [-0.39, 0.29) is 0 Å². The topological polar surface area (TPSA) is 42.2 Å². The van der Waals surface area contributed by atoms with Gasteiger partial charge in [0.2, 0.25) is 0 Å². The van der Waals surface area contributed by atoms with Crippen LogP contribution in [0.25, 0.3) is 11.6 Å². The highest BCUT2D eigenvalue weighted by Gasteiger charge is 2.13. The molecule has 3 aromatic rings. The standard InChI is InChI=1S/C24H17BrCl3NO2/c1-2-30-23-11-16(9-18(13-29)17-5-8-21(27)22(28)12-17)10-20(25)24(23)31-14-15-3-6-19(26)7-4-15/h3-12H,2,14H2,1H3/b18-9-. The fourth-order valence-corrected chi connectivity index (χ4v) is 3.82. The molecule has 3 aromatic carbocycles. The largest absolute Gasteiger partial charge is 0.490 e. The number of benzene rings is 3. The Kier molecular flexibility index (Phi) is 8.28. The molecule has 0 saturated heterocycles. The maximum atomic E-state index is 9.66. The van der Waals surface area contributed by atoms with Crippen molar-refractivity contribution in [2.24, 2.45) is 0 Å². The summed E-state index contributed by atoms with van der Waals surface area (Å²) in [7, 11) is 0. The molecule has 7 heteroatoms. The van der Waals surface area contributed by atoms with Crippen molar-refractivity contribution in [3.63, 3.8) is 0 Å². The molecule has 0 aliphatic heterocycles. The van der Waals surface area contributed by atoms with Gasteiger partial charge < -0.3 is 9.47 Å². The summed E-state index contributed by atoms with van der Waals surface area (Å²) < 4.78 is 12.5. The molecule has 0 fully saturated rings. The maximum absolute atomic E-state index is 9.66. The monoisotopic (exact) mass is 535 g/mol. The molecular weight excluding hydrogens is 521 g/mol. The van der Waals surface area contributed by atoms with Gasteiger partial charge in [-0.25, -0.2) is 0 Å². The Morgan fingerprint density at radius 2 is 1.74 bits per heavy atom. The van der Waals surface area contributed by atoms with Gasteiger partial charge in [-0.15, -0.1) is 0 Å². The number of allylic oxidation sites excluding steroid dienone is 1. The Labute approximate surface area is 204 Å². The summed E-state index contributed by atoms with van der Waals surface area (Å²) in [5.41, 5.74) is 2.88. The zero-order chi connectivity index (χ0) is 22.4. The molecule has 31 heavy (non-hydrogen) atoms. The number of halogens is 4. The van der Waals surface area contributed by atoms with E-state index in [9.17, 15) is 5.26 Å². The van der Waals surface area contributed by atoms with E-state index in [1.807, 2.05) is 43.3 Å². The average Bonchev–Trinajstić information content (AvgIpc) is 2.75. The van der Waals surface area contributed by atoms with Crippen LogP contribution >= 0.6 is 50.7 Å². The molecule has 0 N–H and O–H groups in total. The normalized spacial score (nSPS) is 11.2. The van der Waals surface area contributed by atoms with Crippen molar-refractivity contribution < 1.29 is 9.47 Å². The smallest absolute Gasteiger partial charge is 0.175 e. The van der Waals surface area contributed by atoms with Crippen molar-refractivity contribution in [3.05, 3.63) is 90.8 Å². The second kappa shape index (κ2) is 10.9. The third kappa shape index (κ3) is 6.18. The molecule has 0 atom stereocenters. The maximum Gasteiger partial charge on any atom is 0.175 e. The lowest BCUT2D eigenvalue weighted by Gasteiger charge is -2.15. The minimum atomic E-state index is 0.359. The predicted octanol–water partition coefficient (Wildman–Crippen LogP) is 8.45. The van der Waals surface area contributed by atoms with E-state index < -0.39 is 0 Å². The summed E-state index contributed by atoms with van der Waals surface area (Å²) >= 11 is 21.6. The first-order chi connectivity index (χ1) is 14.9. The Hall–Kier alpha value is -2.16. The number of ether oxygens (including phenoxy) is 2. The van der Waals surface area contributed by atoms with Crippen LogP contribution in [0.15, 0.2) is 59.1 Å². The lowest BCUT2D eigenvalue weighted by Crippen LogP contribution is -2.01. The SMILES string of the molecule is CCOc1cc(/C=C(/C#N)c2ccc(Cl)c(Cl)c2)cc(Br)c1OCc1ccc(Cl)cc1. The average molecular weight is 538 g/mol. The van der Waals surface area contributed by atoms with Gasteiger partial charge in [0.1, 0.15) is 6.61 Å². The first kappa shape index (κ1) is 23.5. The third-order valence-corrected chi connectivity index (χ3v) is 5.87. The highest BCUT2D eigenvalue weighted by Crippen LogP contribution is 2.38. The number of rotatable bonds is 7. The van der Waals surface area contributed by atoms with Gasteiger partial charge in [-0.1, -0.05) is 53.0 Å². The van der Waals surface area contributed by atoms with Gasteiger partial charge in [-0.2, -0.15) is 5.26 Å². The lowest BCUT2D eigenvalue weighted by atomic mass is 10.0. The van der Waals surface area contributed by atoms with Crippen LogP contribution < -0.4 is 9.47 Å². The number of hydrogen-bond donors (Lipinski definition) is 0. The summed E-state index contributed by atoms with van der Waals surface area (Å²) in [6.45, 7) is 2.72. The second-order valence-corrected chi connectivity index (χ2v) is 8.58. The zero-order valence-electron chi connectivity index (χ0n) is 16.5. The molecule has 0 spiro atoms. The summed E-state index contributed by atoms with van der Waals surface area (Å²) in [5.74, 6) is 1.16. The summed E-state index contributed by atoms with van der Waals surface area (Å²) in [6, 6.07) is 18.5. The molecule has 0 heterocycles. The first-order valence-corrected chi connectivity index (χ1v) is 11.2. The van der Waals surface area contributed by atoms with Crippen molar-refractivity contribution in [2.45, 2.75) is 13.5 Å². The van der Waals surface area contributed by atoms with E-state index in [0.717, 1.165) is 11.1 Å². The van der Waals surface area contributed by atoms with Gasteiger partial charge in [-0.3, -0.25) is 0 Å². The second-order valence-electron chi connectivity index (χ2n) is 6.48. The van der Waals surface area contributed by atoms with E-state index in [1.54, 1.807) is 24.3 Å². The van der Waals surface area contributed by atoms with Gasteiger partial charge >= 0.3 is 0 Å². The molecule has 0 aromatic heterocycles. The molecule has 0 aliphatic carbocycles. The molecule has 0 radical (unpaired) electrons. The van der Waals surface area contributed by atoms with Gasteiger partial charge in [0, 0.05) is 5.02 Å². The first-order valence-electron chi connectivity index (χ1n) is 9.32. The van der Waals surface area contributed by atoms with E-state index in [2.05, 4.69) is 22.0 Å². The van der Waals surface area contributed by atoms with Gasteiger partial charge in [0.15, 0.2) is 11.5 Å². The number of nitrogens with zero attached hydrogens (tertiary/aromatic N) is 1. The number of hydrogen-bond acceptors (Lipinski definition) is 3. The highest BCUT2D eigenvalue weighted by molar-refractivity contribution is 9.10. The van der Waals surface area contributed by atoms with Crippen LogP contribution in [0.4, 0.5) is 0 Å². The van der Waals surface area contributed by atoms with Gasteiger partial charge in [-0.05, 0) is 82.0 Å². The van der Waals surface area contributed by atoms with E-state index >= 15 is 0 Å². The molecule has 0 unspecified atom stereocenters. The predicted molar refractivity (Wildman–Crippen MR) is 131 cm³/mol. The fraction of sp³-hybridized carbons (Fsp3) is 0.125. The Morgan fingerprint density at radius 3 is 2.39 bits per heavy atom. The van der Waals surface area contributed by atoms with Crippen LogP contribution in [0.2, 0.25) is 15.1 Å². The van der Waals surface area contributed by atoms with E-state index in [0.29, 0.717) is 55.4 Å². The number of nitriles is 1. The molecule has 0 bridgehead atoms. The van der Waals surface area contributed by atoms with Crippen molar-refractivity contribution in [1.29, 1.82) is 5.26 Å². The minimum absolute atomic E-state index is 0.359. The fourth-order valence-electron chi connectivity index (χ4n) is 2.82. The van der Waals surface area contributed by atoms with Crippen LogP contribution in [-0.2, 0) is 6.61 Å². The Balaban J connectivity index is 1.92. The Bertz CT molecular complexity index is 1150. The van der Waals surface area contributed by atoms with Gasteiger partial charge in [0.25, 0.3) is 0 Å². The lowest BCUT2D eigenvalue weighted by molar-refractivity contribution is 0.267. The summed E-state index contributed by atoms with van der Waals surface area (Å²) in [5, 5.41) is 11.2. The molecule has 0 amide bonds. The van der Waals surface area contributed by atoms with Crippen LogP contribution in [0, 0.1) is 11.3 Å². The molecule has 3 nitrogen and oxygen atoms in total. The quantitative estimate of drug-likeness (QED) is 0.224. The molecule has 158 valence electrons.